The minimum absolute atomic E-state index is 0.0510. The van der Waals surface area contributed by atoms with Gasteiger partial charge in [-0.1, -0.05) is 12.0 Å². The SMILES string of the molecule is C#Cc1cccc(NC(=O)CNC(=O)CC[C@@H]2CCCO2)c1. The number of ether oxygens (including phenoxy) is 1. The zero-order valence-electron chi connectivity index (χ0n) is 12.4. The molecule has 2 N–H and O–H groups in total. The first-order valence-electron chi connectivity index (χ1n) is 7.42. The summed E-state index contributed by atoms with van der Waals surface area (Å²) in [7, 11) is 0. The Balaban J connectivity index is 1.68. The van der Waals surface area contributed by atoms with E-state index in [1.54, 1.807) is 24.3 Å². The molecular formula is C17H20N2O3. The highest BCUT2D eigenvalue weighted by atomic mass is 16.5. The third-order valence-electron chi connectivity index (χ3n) is 3.48. The predicted octanol–water partition coefficient (Wildman–Crippen LogP) is 1.68. The molecule has 0 unspecified atom stereocenters. The van der Waals surface area contributed by atoms with Crippen molar-refractivity contribution in [2.45, 2.75) is 31.8 Å². The van der Waals surface area contributed by atoms with Crippen LogP contribution in [0, 0.1) is 12.3 Å². The number of anilines is 1. The van der Waals surface area contributed by atoms with Crippen LogP contribution in [0.15, 0.2) is 24.3 Å². The molecule has 116 valence electrons. The summed E-state index contributed by atoms with van der Waals surface area (Å²) in [6, 6.07) is 7.00. The van der Waals surface area contributed by atoms with Crippen molar-refractivity contribution in [1.82, 2.24) is 5.32 Å². The Morgan fingerprint density at radius 2 is 2.23 bits per heavy atom. The lowest BCUT2D eigenvalue weighted by Crippen LogP contribution is -2.33. The molecule has 22 heavy (non-hydrogen) atoms. The van der Waals surface area contributed by atoms with Crippen molar-refractivity contribution in [2.24, 2.45) is 0 Å². The van der Waals surface area contributed by atoms with Gasteiger partial charge in [-0.15, -0.1) is 6.42 Å². The number of hydrogen-bond acceptors (Lipinski definition) is 3. The minimum Gasteiger partial charge on any atom is -0.378 e. The fourth-order valence-corrected chi connectivity index (χ4v) is 2.32. The monoisotopic (exact) mass is 300 g/mol. The molecule has 5 heteroatoms. The number of carbonyl (C=O) groups excluding carboxylic acids is 2. The first kappa shape index (κ1) is 16.1. The molecule has 1 aromatic rings. The van der Waals surface area contributed by atoms with Crippen molar-refractivity contribution in [3.63, 3.8) is 0 Å². The molecule has 0 aromatic heterocycles. The van der Waals surface area contributed by atoms with E-state index in [-0.39, 0.29) is 24.5 Å². The van der Waals surface area contributed by atoms with Crippen molar-refractivity contribution in [3.8, 4) is 12.3 Å². The molecule has 1 aliphatic heterocycles. The van der Waals surface area contributed by atoms with Crippen molar-refractivity contribution >= 4 is 17.5 Å². The zero-order chi connectivity index (χ0) is 15.8. The highest BCUT2D eigenvalue weighted by Crippen LogP contribution is 2.16. The van der Waals surface area contributed by atoms with Gasteiger partial charge in [-0.3, -0.25) is 9.59 Å². The van der Waals surface area contributed by atoms with E-state index in [9.17, 15) is 9.59 Å². The summed E-state index contributed by atoms with van der Waals surface area (Å²) < 4.78 is 5.45. The number of nitrogens with one attached hydrogen (secondary N) is 2. The van der Waals surface area contributed by atoms with E-state index in [0.717, 1.165) is 19.4 Å². The largest absolute Gasteiger partial charge is 0.378 e. The lowest BCUT2D eigenvalue weighted by molar-refractivity contribution is -0.124. The average molecular weight is 300 g/mol. The zero-order valence-corrected chi connectivity index (χ0v) is 12.4. The molecule has 0 bridgehead atoms. The lowest BCUT2D eigenvalue weighted by Gasteiger charge is -2.10. The summed E-state index contributed by atoms with van der Waals surface area (Å²) >= 11 is 0. The highest BCUT2D eigenvalue weighted by molar-refractivity contribution is 5.94. The maximum Gasteiger partial charge on any atom is 0.243 e. The van der Waals surface area contributed by atoms with Crippen molar-refractivity contribution in [3.05, 3.63) is 29.8 Å². The van der Waals surface area contributed by atoms with E-state index >= 15 is 0 Å². The van der Waals surface area contributed by atoms with Crippen LogP contribution in [0.2, 0.25) is 0 Å². The molecule has 5 nitrogen and oxygen atoms in total. The van der Waals surface area contributed by atoms with Crippen molar-refractivity contribution < 1.29 is 14.3 Å². The minimum atomic E-state index is -0.278. The van der Waals surface area contributed by atoms with Gasteiger partial charge in [0.15, 0.2) is 0 Å². The first-order chi connectivity index (χ1) is 10.7. The van der Waals surface area contributed by atoms with Crippen LogP contribution < -0.4 is 10.6 Å². The first-order valence-corrected chi connectivity index (χ1v) is 7.42. The van der Waals surface area contributed by atoms with E-state index in [4.69, 9.17) is 11.2 Å². The maximum absolute atomic E-state index is 11.8. The Bertz CT molecular complexity index is 572. The van der Waals surface area contributed by atoms with Crippen LogP contribution in [0.5, 0.6) is 0 Å². The van der Waals surface area contributed by atoms with Crippen LogP contribution in [0.3, 0.4) is 0 Å². The third kappa shape index (κ3) is 5.23. The Hall–Kier alpha value is -2.32. The van der Waals surface area contributed by atoms with Crippen LogP contribution >= 0.6 is 0 Å². The van der Waals surface area contributed by atoms with Crippen molar-refractivity contribution in [2.75, 3.05) is 18.5 Å². The Labute approximate surface area is 130 Å². The molecule has 0 spiro atoms. The number of benzene rings is 1. The molecule has 1 saturated heterocycles. The quantitative estimate of drug-likeness (QED) is 0.786. The Kier molecular flexibility index (Phi) is 5.99. The fourth-order valence-electron chi connectivity index (χ4n) is 2.32. The van der Waals surface area contributed by atoms with Crippen molar-refractivity contribution in [1.29, 1.82) is 0 Å². The van der Waals surface area contributed by atoms with Gasteiger partial charge in [0, 0.05) is 24.3 Å². The molecule has 0 radical (unpaired) electrons. The topological polar surface area (TPSA) is 67.4 Å². The van der Waals surface area contributed by atoms with Gasteiger partial charge in [-0.25, -0.2) is 0 Å². The molecule has 1 heterocycles. The van der Waals surface area contributed by atoms with Crippen LogP contribution in [0.4, 0.5) is 5.69 Å². The van der Waals surface area contributed by atoms with Crippen LogP contribution in [-0.2, 0) is 14.3 Å². The summed E-state index contributed by atoms with van der Waals surface area (Å²) in [5, 5.41) is 5.30. The standard InChI is InChI=1S/C17H20N2O3/c1-2-13-5-3-6-14(11-13)19-17(21)12-18-16(20)9-8-15-7-4-10-22-15/h1,3,5-6,11,15H,4,7-10,12H2,(H,18,20)(H,19,21)/t15-/m0/s1. The van der Waals surface area contributed by atoms with E-state index in [1.165, 1.54) is 0 Å². The molecule has 1 fully saturated rings. The second kappa shape index (κ2) is 8.20. The summed E-state index contributed by atoms with van der Waals surface area (Å²) in [6.45, 7) is 0.732. The molecule has 2 rings (SSSR count). The molecule has 0 aliphatic carbocycles. The summed E-state index contributed by atoms with van der Waals surface area (Å²) in [6.07, 6.45) is 8.65. The smallest absolute Gasteiger partial charge is 0.243 e. The Morgan fingerprint density at radius 3 is 2.95 bits per heavy atom. The molecule has 0 saturated carbocycles. The number of terminal acetylenes is 1. The van der Waals surface area contributed by atoms with E-state index < -0.39 is 0 Å². The summed E-state index contributed by atoms with van der Waals surface area (Å²) in [5.74, 6) is 2.09. The van der Waals surface area contributed by atoms with E-state index in [1.807, 2.05) is 0 Å². The van der Waals surface area contributed by atoms with Gasteiger partial charge in [0.2, 0.25) is 11.8 Å². The fraction of sp³-hybridized carbons (Fsp3) is 0.412. The van der Waals surface area contributed by atoms with Gasteiger partial charge in [-0.2, -0.15) is 0 Å². The van der Waals surface area contributed by atoms with Gasteiger partial charge in [0.1, 0.15) is 0 Å². The molecule has 1 atom stereocenters. The number of carbonyl (C=O) groups is 2. The molecule has 1 aliphatic rings. The second-order valence-corrected chi connectivity index (χ2v) is 5.22. The van der Waals surface area contributed by atoms with Crippen LogP contribution in [0.1, 0.15) is 31.2 Å². The third-order valence-corrected chi connectivity index (χ3v) is 3.48. The van der Waals surface area contributed by atoms with Gasteiger partial charge in [0.25, 0.3) is 0 Å². The number of hydrogen-bond donors (Lipinski definition) is 2. The Morgan fingerprint density at radius 1 is 1.36 bits per heavy atom. The predicted molar refractivity (Wildman–Crippen MR) is 84.2 cm³/mol. The van der Waals surface area contributed by atoms with Gasteiger partial charge in [0.05, 0.1) is 12.6 Å². The van der Waals surface area contributed by atoms with Crippen LogP contribution in [-0.4, -0.2) is 31.1 Å². The lowest BCUT2D eigenvalue weighted by atomic mass is 10.1. The van der Waals surface area contributed by atoms with E-state index in [2.05, 4.69) is 16.6 Å². The molecule has 1 aromatic carbocycles. The molecular weight excluding hydrogens is 280 g/mol. The average Bonchev–Trinajstić information content (AvgIpc) is 3.04. The summed E-state index contributed by atoms with van der Waals surface area (Å²) in [5.41, 5.74) is 1.31. The van der Waals surface area contributed by atoms with Gasteiger partial charge < -0.3 is 15.4 Å². The number of amides is 2. The van der Waals surface area contributed by atoms with Gasteiger partial charge >= 0.3 is 0 Å². The normalized spacial score (nSPS) is 16.8. The molecule has 2 amide bonds. The number of rotatable bonds is 6. The van der Waals surface area contributed by atoms with E-state index in [0.29, 0.717) is 24.1 Å². The summed E-state index contributed by atoms with van der Waals surface area (Å²) in [4.78, 5) is 23.5. The van der Waals surface area contributed by atoms with Gasteiger partial charge in [-0.05, 0) is 37.5 Å². The highest BCUT2D eigenvalue weighted by Gasteiger charge is 2.16. The maximum atomic E-state index is 11.8. The second-order valence-electron chi connectivity index (χ2n) is 5.22. The van der Waals surface area contributed by atoms with Crippen LogP contribution in [0.25, 0.3) is 0 Å².